The molecule has 0 aromatic carbocycles. The van der Waals surface area contributed by atoms with Crippen LogP contribution in [0.4, 0.5) is 9.59 Å². The fourth-order valence-corrected chi connectivity index (χ4v) is 3.34. The van der Waals surface area contributed by atoms with Crippen LogP contribution in [0.25, 0.3) is 0 Å². The Morgan fingerprint density at radius 3 is 2.52 bits per heavy atom. The van der Waals surface area contributed by atoms with Crippen molar-refractivity contribution < 1.29 is 19.1 Å². The number of carbonyl (C=O) groups excluding carboxylic acids is 2. The van der Waals surface area contributed by atoms with Gasteiger partial charge in [-0.1, -0.05) is 13.8 Å². The Morgan fingerprint density at radius 1 is 1.39 bits per heavy atom. The fourth-order valence-electron chi connectivity index (χ4n) is 3.34. The van der Waals surface area contributed by atoms with E-state index in [-0.39, 0.29) is 23.7 Å². The molecule has 1 unspecified atom stereocenters. The quantitative estimate of drug-likeness (QED) is 0.846. The second-order valence-electron chi connectivity index (χ2n) is 8.21. The number of nitrogens with zero attached hydrogens (tertiary/aromatic N) is 1. The van der Waals surface area contributed by atoms with Crippen LogP contribution in [0.5, 0.6) is 0 Å². The zero-order chi connectivity index (χ0) is 17.3. The van der Waals surface area contributed by atoms with E-state index in [4.69, 9.17) is 9.47 Å². The van der Waals surface area contributed by atoms with Gasteiger partial charge < -0.3 is 19.7 Å². The van der Waals surface area contributed by atoms with Crippen molar-refractivity contribution in [3.63, 3.8) is 0 Å². The summed E-state index contributed by atoms with van der Waals surface area (Å²) in [4.78, 5) is 25.6. The summed E-state index contributed by atoms with van der Waals surface area (Å²) in [6.45, 7) is 11.8. The van der Waals surface area contributed by atoms with Gasteiger partial charge in [-0.3, -0.25) is 0 Å². The molecular weight excluding hydrogens is 296 g/mol. The second-order valence-corrected chi connectivity index (χ2v) is 8.21. The minimum absolute atomic E-state index is 0.0722. The molecule has 2 rings (SSSR count). The van der Waals surface area contributed by atoms with Crippen LogP contribution in [0.3, 0.4) is 0 Å². The number of alkyl carbamates (subject to hydrolysis) is 1. The molecule has 23 heavy (non-hydrogen) atoms. The smallest absolute Gasteiger partial charge is 0.410 e. The predicted octanol–water partition coefficient (Wildman–Crippen LogP) is 3.16. The third-order valence-corrected chi connectivity index (χ3v) is 4.61. The highest BCUT2D eigenvalue weighted by Gasteiger charge is 2.47. The maximum absolute atomic E-state index is 12.2. The number of carbonyl (C=O) groups is 2. The molecule has 2 aliphatic heterocycles. The summed E-state index contributed by atoms with van der Waals surface area (Å²) in [5.41, 5.74) is -0.551. The molecule has 2 aliphatic rings. The van der Waals surface area contributed by atoms with Gasteiger partial charge in [0.25, 0.3) is 0 Å². The number of rotatable bonds is 2. The van der Waals surface area contributed by atoms with E-state index in [9.17, 15) is 9.59 Å². The first kappa shape index (κ1) is 17.9. The molecule has 0 saturated carbocycles. The predicted molar refractivity (Wildman–Crippen MR) is 87.2 cm³/mol. The normalized spacial score (nSPS) is 24.3. The Bertz CT molecular complexity index is 448. The van der Waals surface area contributed by atoms with Crippen LogP contribution in [0.15, 0.2) is 0 Å². The van der Waals surface area contributed by atoms with Crippen molar-refractivity contribution in [2.24, 2.45) is 11.3 Å². The summed E-state index contributed by atoms with van der Waals surface area (Å²) < 4.78 is 11.0. The lowest BCUT2D eigenvalue weighted by Crippen LogP contribution is -2.58. The van der Waals surface area contributed by atoms with Gasteiger partial charge in [0.1, 0.15) is 11.7 Å². The molecule has 0 aromatic heterocycles. The molecule has 0 radical (unpaired) electrons. The van der Waals surface area contributed by atoms with Gasteiger partial charge in [-0.05, 0) is 46.0 Å². The number of hydrogen-bond donors (Lipinski definition) is 1. The van der Waals surface area contributed by atoms with E-state index in [2.05, 4.69) is 19.2 Å². The summed E-state index contributed by atoms with van der Waals surface area (Å²) in [5.74, 6) is 0.465. The number of amides is 2. The third-order valence-electron chi connectivity index (χ3n) is 4.61. The van der Waals surface area contributed by atoms with E-state index in [1.165, 1.54) is 0 Å². The van der Waals surface area contributed by atoms with Gasteiger partial charge in [-0.15, -0.1) is 0 Å². The molecule has 2 heterocycles. The molecule has 0 aliphatic carbocycles. The SMILES string of the molecule is CC(C)CC1OC(=O)NCC12CCN(C(=O)OC(C)(C)C)CC2. The Morgan fingerprint density at radius 2 is 2.00 bits per heavy atom. The van der Waals surface area contributed by atoms with E-state index in [0.717, 1.165) is 19.3 Å². The Labute approximate surface area is 138 Å². The third kappa shape index (κ3) is 4.52. The average Bonchev–Trinajstić information content (AvgIpc) is 2.41. The van der Waals surface area contributed by atoms with Crippen LogP contribution in [0.1, 0.15) is 53.9 Å². The fraction of sp³-hybridized carbons (Fsp3) is 0.882. The molecule has 0 bridgehead atoms. The number of ether oxygens (including phenoxy) is 2. The maximum atomic E-state index is 12.2. The summed E-state index contributed by atoms with van der Waals surface area (Å²) in [7, 11) is 0. The van der Waals surface area contributed by atoms with E-state index in [1.54, 1.807) is 4.90 Å². The van der Waals surface area contributed by atoms with Crippen molar-refractivity contribution in [1.82, 2.24) is 10.2 Å². The van der Waals surface area contributed by atoms with Gasteiger partial charge in [0, 0.05) is 25.0 Å². The van der Waals surface area contributed by atoms with E-state index >= 15 is 0 Å². The first-order valence-corrected chi connectivity index (χ1v) is 8.54. The molecule has 1 atom stereocenters. The number of hydrogen-bond acceptors (Lipinski definition) is 4. The lowest BCUT2D eigenvalue weighted by Gasteiger charge is -2.48. The van der Waals surface area contributed by atoms with Gasteiger partial charge in [0.2, 0.25) is 0 Å². The van der Waals surface area contributed by atoms with Crippen LogP contribution < -0.4 is 5.32 Å². The topological polar surface area (TPSA) is 67.9 Å². The van der Waals surface area contributed by atoms with Crippen molar-refractivity contribution in [3.8, 4) is 0 Å². The minimum Gasteiger partial charge on any atom is -0.446 e. The molecule has 6 nitrogen and oxygen atoms in total. The van der Waals surface area contributed by atoms with Crippen LogP contribution >= 0.6 is 0 Å². The number of cyclic esters (lactones) is 1. The molecule has 2 amide bonds. The molecule has 0 aromatic rings. The Balaban J connectivity index is 2.00. The van der Waals surface area contributed by atoms with Gasteiger partial charge >= 0.3 is 12.2 Å². The van der Waals surface area contributed by atoms with Crippen LogP contribution in [0.2, 0.25) is 0 Å². The highest BCUT2D eigenvalue weighted by atomic mass is 16.6. The monoisotopic (exact) mass is 326 g/mol. The van der Waals surface area contributed by atoms with Crippen LogP contribution in [-0.2, 0) is 9.47 Å². The summed E-state index contributed by atoms with van der Waals surface area (Å²) >= 11 is 0. The highest BCUT2D eigenvalue weighted by molar-refractivity contribution is 5.69. The summed E-state index contributed by atoms with van der Waals surface area (Å²) in [6.07, 6.45) is 1.86. The number of nitrogens with one attached hydrogen (secondary N) is 1. The molecule has 1 N–H and O–H groups in total. The van der Waals surface area contributed by atoms with Crippen LogP contribution in [0, 0.1) is 11.3 Å². The molecule has 132 valence electrons. The van der Waals surface area contributed by atoms with Crippen molar-refractivity contribution >= 4 is 12.2 Å². The van der Waals surface area contributed by atoms with Crippen LogP contribution in [-0.4, -0.2) is 48.4 Å². The molecule has 1 spiro atoms. The maximum Gasteiger partial charge on any atom is 0.410 e. The second kappa shape index (κ2) is 6.57. The minimum atomic E-state index is -0.478. The standard InChI is InChI=1S/C17H30N2O4/c1-12(2)10-13-17(11-18-14(20)22-13)6-8-19(9-7-17)15(21)23-16(3,4)5/h12-13H,6-11H2,1-5H3,(H,18,20). The van der Waals surface area contributed by atoms with Gasteiger partial charge in [0.15, 0.2) is 0 Å². The first-order valence-electron chi connectivity index (χ1n) is 8.54. The van der Waals surface area contributed by atoms with E-state index in [0.29, 0.717) is 25.6 Å². The highest BCUT2D eigenvalue weighted by Crippen LogP contribution is 2.41. The van der Waals surface area contributed by atoms with Crippen molar-refractivity contribution in [1.29, 1.82) is 0 Å². The summed E-state index contributed by atoms with van der Waals surface area (Å²) in [6, 6.07) is 0. The lowest BCUT2D eigenvalue weighted by molar-refractivity contribution is -0.0661. The molecular formula is C17H30N2O4. The van der Waals surface area contributed by atoms with Crippen molar-refractivity contribution in [2.75, 3.05) is 19.6 Å². The van der Waals surface area contributed by atoms with E-state index in [1.807, 2.05) is 20.8 Å². The molecule has 2 saturated heterocycles. The zero-order valence-corrected chi connectivity index (χ0v) is 15.0. The summed E-state index contributed by atoms with van der Waals surface area (Å²) in [5, 5.41) is 2.83. The Kier molecular flexibility index (Phi) is 5.11. The van der Waals surface area contributed by atoms with Crippen molar-refractivity contribution in [3.05, 3.63) is 0 Å². The Hall–Kier alpha value is -1.46. The first-order chi connectivity index (χ1) is 10.6. The largest absolute Gasteiger partial charge is 0.446 e. The van der Waals surface area contributed by atoms with Gasteiger partial charge in [0.05, 0.1) is 0 Å². The van der Waals surface area contributed by atoms with E-state index < -0.39 is 5.60 Å². The average molecular weight is 326 g/mol. The van der Waals surface area contributed by atoms with Gasteiger partial charge in [-0.2, -0.15) is 0 Å². The molecule has 6 heteroatoms. The zero-order valence-electron chi connectivity index (χ0n) is 15.0. The number of likely N-dealkylation sites (tertiary alicyclic amines) is 1. The van der Waals surface area contributed by atoms with Gasteiger partial charge in [-0.25, -0.2) is 9.59 Å². The molecule has 2 fully saturated rings. The number of piperidine rings is 1. The van der Waals surface area contributed by atoms with Crippen molar-refractivity contribution in [2.45, 2.75) is 65.6 Å². The lowest BCUT2D eigenvalue weighted by atomic mass is 9.71.